The zero-order valence-electron chi connectivity index (χ0n) is 20.2. The SMILES string of the molecule is CCC(C)C(NC(=O)CN)C(=O)NC(Cc1c[nH]c2ccccc12)C(=O)NC(CCC(=O)O)C(=O)O. The fourth-order valence-corrected chi connectivity index (χ4v) is 3.72. The first-order chi connectivity index (χ1) is 17.1. The second-order valence-electron chi connectivity index (χ2n) is 8.59. The first-order valence-electron chi connectivity index (χ1n) is 11.7. The summed E-state index contributed by atoms with van der Waals surface area (Å²) in [6.07, 6.45) is 1.48. The molecule has 36 heavy (non-hydrogen) atoms. The molecule has 0 bridgehead atoms. The van der Waals surface area contributed by atoms with Gasteiger partial charge in [-0.1, -0.05) is 38.5 Å². The molecule has 0 radical (unpaired) electrons. The van der Waals surface area contributed by atoms with Gasteiger partial charge in [0.15, 0.2) is 0 Å². The van der Waals surface area contributed by atoms with E-state index in [0.29, 0.717) is 12.0 Å². The van der Waals surface area contributed by atoms with E-state index in [0.717, 1.165) is 10.9 Å². The first-order valence-corrected chi connectivity index (χ1v) is 11.7. The minimum atomic E-state index is -1.46. The zero-order valence-corrected chi connectivity index (χ0v) is 20.2. The van der Waals surface area contributed by atoms with Gasteiger partial charge in [-0.3, -0.25) is 19.2 Å². The highest BCUT2D eigenvalue weighted by atomic mass is 16.4. The van der Waals surface area contributed by atoms with E-state index in [-0.39, 0.29) is 25.3 Å². The molecule has 0 aliphatic heterocycles. The number of fused-ring (bicyclic) bond motifs is 1. The molecule has 1 heterocycles. The van der Waals surface area contributed by atoms with Gasteiger partial charge in [0.25, 0.3) is 0 Å². The number of aliphatic carboxylic acids is 2. The number of aromatic nitrogens is 1. The second-order valence-corrected chi connectivity index (χ2v) is 8.59. The summed E-state index contributed by atoms with van der Waals surface area (Å²) >= 11 is 0. The highest BCUT2D eigenvalue weighted by molar-refractivity contribution is 5.94. The van der Waals surface area contributed by atoms with Crippen LogP contribution in [0.4, 0.5) is 0 Å². The normalized spacial score (nSPS) is 14.3. The predicted molar refractivity (Wildman–Crippen MR) is 131 cm³/mol. The number of hydrogen-bond donors (Lipinski definition) is 7. The molecule has 196 valence electrons. The Labute approximate surface area is 208 Å². The summed E-state index contributed by atoms with van der Waals surface area (Å²) < 4.78 is 0. The number of H-pyrrole nitrogens is 1. The molecule has 0 spiro atoms. The van der Waals surface area contributed by atoms with Crippen molar-refractivity contribution >= 4 is 40.6 Å². The van der Waals surface area contributed by atoms with E-state index in [1.807, 2.05) is 31.2 Å². The standard InChI is InChI=1S/C24H33N5O7/c1-3-13(2)21(29-19(30)11-25)23(34)28-18(10-14-12-26-16-7-5-4-6-15(14)16)22(33)27-17(24(35)36)8-9-20(31)32/h4-7,12-13,17-18,21,26H,3,8-11,25H2,1-2H3,(H,27,33)(H,28,34)(H,29,30)(H,31,32)(H,35,36). The van der Waals surface area contributed by atoms with Crippen molar-refractivity contribution in [2.45, 2.75) is 57.7 Å². The lowest BCUT2D eigenvalue weighted by Crippen LogP contribution is -2.58. The van der Waals surface area contributed by atoms with Crippen molar-refractivity contribution in [3.05, 3.63) is 36.0 Å². The Bertz CT molecular complexity index is 1100. The van der Waals surface area contributed by atoms with E-state index in [4.69, 9.17) is 10.8 Å². The fourth-order valence-electron chi connectivity index (χ4n) is 3.72. The van der Waals surface area contributed by atoms with E-state index in [9.17, 15) is 29.1 Å². The van der Waals surface area contributed by atoms with Crippen molar-refractivity contribution in [2.75, 3.05) is 6.54 Å². The maximum atomic E-state index is 13.2. The minimum Gasteiger partial charge on any atom is -0.481 e. The molecule has 3 amide bonds. The molecule has 0 aliphatic rings. The number of rotatable bonds is 14. The lowest BCUT2D eigenvalue weighted by Gasteiger charge is -2.27. The summed E-state index contributed by atoms with van der Waals surface area (Å²) in [5, 5.41) is 26.7. The van der Waals surface area contributed by atoms with Crippen LogP contribution in [0.5, 0.6) is 0 Å². The van der Waals surface area contributed by atoms with Gasteiger partial charge < -0.3 is 36.9 Å². The average Bonchev–Trinajstić information content (AvgIpc) is 3.26. The molecule has 0 saturated heterocycles. The number of aromatic amines is 1. The van der Waals surface area contributed by atoms with Gasteiger partial charge in [0, 0.05) is 29.9 Å². The summed E-state index contributed by atoms with van der Waals surface area (Å²) in [5.41, 5.74) is 6.90. The van der Waals surface area contributed by atoms with Crippen molar-refractivity contribution in [3.8, 4) is 0 Å². The number of carbonyl (C=O) groups is 5. The summed E-state index contributed by atoms with van der Waals surface area (Å²) in [6.45, 7) is 3.29. The zero-order chi connectivity index (χ0) is 26.8. The molecule has 12 nitrogen and oxygen atoms in total. The van der Waals surface area contributed by atoms with Gasteiger partial charge >= 0.3 is 11.9 Å². The third-order valence-corrected chi connectivity index (χ3v) is 5.99. The summed E-state index contributed by atoms with van der Waals surface area (Å²) in [7, 11) is 0. The number of nitrogens with one attached hydrogen (secondary N) is 4. The predicted octanol–water partition coefficient (Wildman–Crippen LogP) is 0.119. The van der Waals surface area contributed by atoms with Gasteiger partial charge in [-0.2, -0.15) is 0 Å². The Morgan fingerprint density at radius 1 is 1.00 bits per heavy atom. The molecular formula is C24H33N5O7. The van der Waals surface area contributed by atoms with Crippen LogP contribution >= 0.6 is 0 Å². The van der Waals surface area contributed by atoms with E-state index >= 15 is 0 Å². The third kappa shape index (κ3) is 7.80. The van der Waals surface area contributed by atoms with E-state index < -0.39 is 54.2 Å². The molecule has 0 fully saturated rings. The third-order valence-electron chi connectivity index (χ3n) is 5.99. The van der Waals surface area contributed by atoms with E-state index in [2.05, 4.69) is 20.9 Å². The largest absolute Gasteiger partial charge is 0.481 e. The van der Waals surface area contributed by atoms with Crippen molar-refractivity contribution in [3.63, 3.8) is 0 Å². The number of nitrogens with two attached hydrogens (primary N) is 1. The van der Waals surface area contributed by atoms with Crippen LogP contribution in [-0.2, 0) is 30.4 Å². The summed E-state index contributed by atoms with van der Waals surface area (Å²) in [4.78, 5) is 63.9. The molecule has 4 atom stereocenters. The van der Waals surface area contributed by atoms with Crippen LogP contribution < -0.4 is 21.7 Å². The van der Waals surface area contributed by atoms with Crippen LogP contribution in [0.25, 0.3) is 10.9 Å². The number of hydrogen-bond acceptors (Lipinski definition) is 6. The van der Waals surface area contributed by atoms with Gasteiger partial charge in [-0.25, -0.2) is 4.79 Å². The van der Waals surface area contributed by atoms with Gasteiger partial charge in [-0.05, 0) is 24.0 Å². The fraction of sp³-hybridized carbons (Fsp3) is 0.458. The van der Waals surface area contributed by atoms with Gasteiger partial charge in [-0.15, -0.1) is 0 Å². The van der Waals surface area contributed by atoms with Crippen molar-refractivity contribution < 1.29 is 34.2 Å². The molecule has 12 heteroatoms. The number of benzene rings is 1. The molecule has 0 saturated carbocycles. The second kappa shape index (κ2) is 13.2. The first kappa shape index (κ1) is 28.3. The number of carboxylic acids is 2. The summed E-state index contributed by atoms with van der Waals surface area (Å²) in [6, 6.07) is 3.72. The number of para-hydroxylation sites is 1. The molecule has 2 aromatic rings. The molecule has 1 aromatic heterocycles. The Kier molecular flexibility index (Phi) is 10.4. The average molecular weight is 504 g/mol. The molecule has 1 aromatic carbocycles. The maximum Gasteiger partial charge on any atom is 0.326 e. The van der Waals surface area contributed by atoms with Crippen LogP contribution in [0.1, 0.15) is 38.7 Å². The Morgan fingerprint density at radius 2 is 1.67 bits per heavy atom. The van der Waals surface area contributed by atoms with Gasteiger partial charge in [0.1, 0.15) is 18.1 Å². The molecule has 8 N–H and O–H groups in total. The lowest BCUT2D eigenvalue weighted by molar-refractivity contribution is -0.143. The highest BCUT2D eigenvalue weighted by Gasteiger charge is 2.32. The van der Waals surface area contributed by atoms with Crippen molar-refractivity contribution in [1.29, 1.82) is 0 Å². The van der Waals surface area contributed by atoms with Gasteiger partial charge in [0.05, 0.1) is 6.54 Å². The topological polar surface area (TPSA) is 204 Å². The minimum absolute atomic E-state index is 0.0188. The molecular weight excluding hydrogens is 470 g/mol. The quantitative estimate of drug-likeness (QED) is 0.188. The van der Waals surface area contributed by atoms with Crippen LogP contribution in [-0.4, -0.2) is 69.5 Å². The van der Waals surface area contributed by atoms with E-state index in [1.54, 1.807) is 13.1 Å². The molecule has 4 unspecified atom stereocenters. The lowest BCUT2D eigenvalue weighted by atomic mass is 9.97. The Balaban J connectivity index is 2.33. The number of amides is 3. The van der Waals surface area contributed by atoms with Gasteiger partial charge in [0.2, 0.25) is 17.7 Å². The Hall–Kier alpha value is -3.93. The van der Waals surface area contributed by atoms with Crippen LogP contribution in [0.15, 0.2) is 30.5 Å². The molecule has 2 rings (SSSR count). The smallest absolute Gasteiger partial charge is 0.326 e. The van der Waals surface area contributed by atoms with E-state index in [1.165, 1.54) is 0 Å². The summed E-state index contributed by atoms with van der Waals surface area (Å²) in [5.74, 6) is -4.82. The number of carbonyl (C=O) groups excluding carboxylic acids is 3. The van der Waals surface area contributed by atoms with Crippen molar-refractivity contribution in [1.82, 2.24) is 20.9 Å². The van der Waals surface area contributed by atoms with Crippen LogP contribution in [0.2, 0.25) is 0 Å². The van der Waals surface area contributed by atoms with Crippen LogP contribution in [0.3, 0.4) is 0 Å². The van der Waals surface area contributed by atoms with Crippen molar-refractivity contribution in [2.24, 2.45) is 11.7 Å². The Morgan fingerprint density at radius 3 is 2.28 bits per heavy atom. The molecule has 0 aliphatic carbocycles. The monoisotopic (exact) mass is 503 g/mol. The maximum absolute atomic E-state index is 13.2. The van der Waals surface area contributed by atoms with Crippen LogP contribution in [0, 0.1) is 5.92 Å². The highest BCUT2D eigenvalue weighted by Crippen LogP contribution is 2.19. The number of carboxylic acid groups (broad SMARTS) is 2.